The van der Waals surface area contributed by atoms with Gasteiger partial charge >= 0.3 is 0 Å². The molecule has 1 atom stereocenters. The summed E-state index contributed by atoms with van der Waals surface area (Å²) in [4.78, 5) is 1.57. The van der Waals surface area contributed by atoms with E-state index in [1.807, 2.05) is 13.8 Å². The van der Waals surface area contributed by atoms with Gasteiger partial charge in [-0.25, -0.2) is 13.1 Å². The normalized spacial score (nSPS) is 12.9. The standard InChI is InChI=1S/C19H21NO5S2/c1-12-9-16(24-3)18(10-13(12)2)27(22,23)20-11-14-6-7-17(26-14)19(21)15-5-4-8-25-15/h4-10,19-21H,11H2,1-3H3. The lowest BCUT2D eigenvalue weighted by atomic mass is 10.1. The van der Waals surface area contributed by atoms with Crippen LogP contribution in [0.2, 0.25) is 0 Å². The maximum Gasteiger partial charge on any atom is 0.244 e. The molecule has 2 heterocycles. The van der Waals surface area contributed by atoms with Crippen LogP contribution in [0, 0.1) is 13.8 Å². The first-order chi connectivity index (χ1) is 12.8. The van der Waals surface area contributed by atoms with Crippen LogP contribution in [-0.4, -0.2) is 20.6 Å². The van der Waals surface area contributed by atoms with Gasteiger partial charge in [-0.3, -0.25) is 0 Å². The van der Waals surface area contributed by atoms with E-state index in [-0.39, 0.29) is 11.4 Å². The highest BCUT2D eigenvalue weighted by Crippen LogP contribution is 2.30. The largest absolute Gasteiger partial charge is 0.495 e. The Balaban J connectivity index is 1.76. The van der Waals surface area contributed by atoms with E-state index < -0.39 is 16.1 Å². The van der Waals surface area contributed by atoms with Crippen LogP contribution in [0.5, 0.6) is 5.75 Å². The zero-order valence-corrected chi connectivity index (χ0v) is 16.9. The van der Waals surface area contributed by atoms with Crippen molar-refractivity contribution in [2.24, 2.45) is 0 Å². The predicted molar refractivity (Wildman–Crippen MR) is 104 cm³/mol. The highest BCUT2D eigenvalue weighted by Gasteiger charge is 2.21. The summed E-state index contributed by atoms with van der Waals surface area (Å²) in [7, 11) is -2.29. The van der Waals surface area contributed by atoms with E-state index in [1.165, 1.54) is 24.7 Å². The maximum absolute atomic E-state index is 12.7. The van der Waals surface area contributed by atoms with Gasteiger partial charge in [-0.2, -0.15) is 0 Å². The number of nitrogens with one attached hydrogen (secondary N) is 1. The van der Waals surface area contributed by atoms with Crippen molar-refractivity contribution in [1.29, 1.82) is 0 Å². The highest BCUT2D eigenvalue weighted by molar-refractivity contribution is 7.89. The van der Waals surface area contributed by atoms with Crippen molar-refractivity contribution in [2.45, 2.75) is 31.4 Å². The molecule has 0 saturated heterocycles. The molecule has 8 heteroatoms. The van der Waals surface area contributed by atoms with E-state index in [4.69, 9.17) is 9.15 Å². The number of aryl methyl sites for hydroxylation is 2. The van der Waals surface area contributed by atoms with Crippen LogP contribution in [0.15, 0.2) is 52.0 Å². The van der Waals surface area contributed by atoms with E-state index in [9.17, 15) is 13.5 Å². The Kier molecular flexibility index (Phi) is 5.71. The van der Waals surface area contributed by atoms with E-state index >= 15 is 0 Å². The van der Waals surface area contributed by atoms with Gasteiger partial charge in [0.15, 0.2) is 0 Å². The van der Waals surface area contributed by atoms with E-state index in [2.05, 4.69) is 4.72 Å². The number of ether oxygens (including phenoxy) is 1. The summed E-state index contributed by atoms with van der Waals surface area (Å²) in [5, 5.41) is 10.3. The molecular formula is C19H21NO5S2. The molecule has 6 nitrogen and oxygen atoms in total. The van der Waals surface area contributed by atoms with Crippen molar-refractivity contribution in [3.8, 4) is 5.75 Å². The summed E-state index contributed by atoms with van der Waals surface area (Å²) in [6.07, 6.45) is 0.633. The fourth-order valence-corrected chi connectivity index (χ4v) is 4.88. The van der Waals surface area contributed by atoms with Gasteiger partial charge in [0.2, 0.25) is 10.0 Å². The number of rotatable bonds is 7. The van der Waals surface area contributed by atoms with Crippen LogP contribution >= 0.6 is 11.3 Å². The second-order valence-electron chi connectivity index (χ2n) is 6.13. The van der Waals surface area contributed by atoms with Gasteiger partial charge in [-0.05, 0) is 61.4 Å². The molecule has 0 radical (unpaired) electrons. The second-order valence-corrected chi connectivity index (χ2v) is 9.07. The van der Waals surface area contributed by atoms with Crippen molar-refractivity contribution in [3.63, 3.8) is 0 Å². The van der Waals surface area contributed by atoms with Crippen LogP contribution in [-0.2, 0) is 16.6 Å². The average Bonchev–Trinajstić information content (AvgIpc) is 3.33. The van der Waals surface area contributed by atoms with Gasteiger partial charge in [0.1, 0.15) is 22.5 Å². The molecular weight excluding hydrogens is 386 g/mol. The van der Waals surface area contributed by atoms with Gasteiger partial charge in [-0.1, -0.05) is 0 Å². The van der Waals surface area contributed by atoms with E-state index in [0.717, 1.165) is 16.0 Å². The van der Waals surface area contributed by atoms with Gasteiger partial charge in [-0.15, -0.1) is 11.3 Å². The number of aliphatic hydroxyl groups is 1. The van der Waals surface area contributed by atoms with Gasteiger partial charge in [0.25, 0.3) is 0 Å². The van der Waals surface area contributed by atoms with Gasteiger partial charge in [0, 0.05) is 16.3 Å². The Morgan fingerprint density at radius 1 is 1.22 bits per heavy atom. The summed E-state index contributed by atoms with van der Waals surface area (Å²) in [6.45, 7) is 3.88. The quantitative estimate of drug-likeness (QED) is 0.625. The lowest BCUT2D eigenvalue weighted by molar-refractivity contribution is 0.193. The summed E-state index contributed by atoms with van der Waals surface area (Å²) >= 11 is 1.32. The Morgan fingerprint density at radius 2 is 1.96 bits per heavy atom. The van der Waals surface area contributed by atoms with E-state index in [1.54, 1.807) is 36.4 Å². The fraction of sp³-hybridized carbons (Fsp3) is 0.263. The number of thiophene rings is 1. The number of hydrogen-bond acceptors (Lipinski definition) is 6. The number of aliphatic hydroxyl groups excluding tert-OH is 1. The monoisotopic (exact) mass is 407 g/mol. The Morgan fingerprint density at radius 3 is 2.63 bits per heavy atom. The predicted octanol–water partition coefficient (Wildman–Crippen LogP) is 3.53. The first-order valence-corrected chi connectivity index (χ1v) is 10.6. The molecule has 0 bridgehead atoms. The summed E-state index contributed by atoms with van der Waals surface area (Å²) in [5.41, 5.74) is 1.83. The van der Waals surface area contributed by atoms with E-state index in [0.29, 0.717) is 16.4 Å². The smallest absolute Gasteiger partial charge is 0.244 e. The molecule has 0 spiro atoms. The average molecular weight is 408 g/mol. The SMILES string of the molecule is COc1cc(C)c(C)cc1S(=O)(=O)NCc1ccc(C(O)c2ccco2)s1. The van der Waals surface area contributed by atoms with Gasteiger partial charge < -0.3 is 14.3 Å². The first kappa shape index (κ1) is 19.6. The van der Waals surface area contributed by atoms with Crippen molar-refractivity contribution in [2.75, 3.05) is 7.11 Å². The van der Waals surface area contributed by atoms with Crippen LogP contribution in [0.3, 0.4) is 0 Å². The molecule has 0 aliphatic rings. The maximum atomic E-state index is 12.7. The fourth-order valence-electron chi connectivity index (χ4n) is 2.60. The van der Waals surface area contributed by atoms with Crippen LogP contribution in [0.25, 0.3) is 0 Å². The van der Waals surface area contributed by atoms with Gasteiger partial charge in [0.05, 0.1) is 13.4 Å². The molecule has 0 aliphatic heterocycles. The molecule has 144 valence electrons. The molecule has 1 unspecified atom stereocenters. The third kappa shape index (κ3) is 4.24. The third-order valence-electron chi connectivity index (χ3n) is 4.27. The first-order valence-electron chi connectivity index (χ1n) is 8.27. The Labute approximate surface area is 162 Å². The van der Waals surface area contributed by atoms with Crippen LogP contribution < -0.4 is 9.46 Å². The molecule has 1 aromatic carbocycles. The topological polar surface area (TPSA) is 88.8 Å². The van der Waals surface area contributed by atoms with Crippen molar-refractivity contribution in [1.82, 2.24) is 4.72 Å². The number of furan rings is 1. The molecule has 2 aromatic heterocycles. The molecule has 0 aliphatic carbocycles. The molecule has 2 N–H and O–H groups in total. The summed E-state index contributed by atoms with van der Waals surface area (Å²) < 4.78 is 38.5. The summed E-state index contributed by atoms with van der Waals surface area (Å²) in [5.74, 6) is 0.759. The molecule has 0 amide bonds. The Hall–Kier alpha value is -2.13. The van der Waals surface area contributed by atoms with Crippen LogP contribution in [0.1, 0.15) is 32.7 Å². The second kappa shape index (κ2) is 7.85. The number of hydrogen-bond donors (Lipinski definition) is 2. The minimum Gasteiger partial charge on any atom is -0.495 e. The van der Waals surface area contributed by atoms with Crippen molar-refractivity contribution >= 4 is 21.4 Å². The molecule has 0 fully saturated rings. The van der Waals surface area contributed by atoms with Crippen molar-refractivity contribution in [3.05, 3.63) is 69.3 Å². The van der Waals surface area contributed by atoms with Crippen LogP contribution in [0.4, 0.5) is 0 Å². The zero-order chi connectivity index (χ0) is 19.6. The molecule has 3 rings (SSSR count). The minimum absolute atomic E-state index is 0.112. The lowest BCUT2D eigenvalue weighted by Gasteiger charge is -2.13. The lowest BCUT2D eigenvalue weighted by Crippen LogP contribution is -2.23. The molecule has 3 aromatic rings. The molecule has 0 saturated carbocycles. The Bertz CT molecular complexity index is 1020. The number of benzene rings is 1. The highest BCUT2D eigenvalue weighted by atomic mass is 32.2. The summed E-state index contributed by atoms with van der Waals surface area (Å²) in [6, 6.07) is 10.3. The third-order valence-corrected chi connectivity index (χ3v) is 6.83. The minimum atomic E-state index is -3.74. The zero-order valence-electron chi connectivity index (χ0n) is 15.2. The molecule has 27 heavy (non-hydrogen) atoms. The number of sulfonamides is 1. The van der Waals surface area contributed by atoms with Crippen molar-refractivity contribution < 1.29 is 22.7 Å². The number of methoxy groups -OCH3 is 1.